The quantitative estimate of drug-likeness (QED) is 0.870. The van der Waals surface area contributed by atoms with Gasteiger partial charge in [0.2, 0.25) is 5.91 Å². The zero-order chi connectivity index (χ0) is 17.0. The van der Waals surface area contributed by atoms with Crippen LogP contribution < -0.4 is 5.32 Å². The van der Waals surface area contributed by atoms with Crippen LogP contribution in [0, 0.1) is 0 Å². The van der Waals surface area contributed by atoms with Gasteiger partial charge in [-0.05, 0) is 42.7 Å². The van der Waals surface area contributed by atoms with Gasteiger partial charge in [0.1, 0.15) is 0 Å². The summed E-state index contributed by atoms with van der Waals surface area (Å²) in [6, 6.07) is 13.0. The van der Waals surface area contributed by atoms with Crippen LogP contribution >= 0.6 is 11.6 Å². The number of halogens is 1. The minimum atomic E-state index is -0.467. The number of carbonyl (C=O) groups is 1. The van der Waals surface area contributed by atoms with Crippen LogP contribution in [0.2, 0.25) is 5.02 Å². The highest BCUT2D eigenvalue weighted by Crippen LogP contribution is 2.44. The van der Waals surface area contributed by atoms with Crippen LogP contribution in [0.5, 0.6) is 0 Å². The molecule has 5 heteroatoms. The molecule has 1 saturated carbocycles. The molecule has 1 aliphatic carbocycles. The van der Waals surface area contributed by atoms with Gasteiger partial charge in [-0.15, -0.1) is 0 Å². The molecule has 0 spiro atoms. The van der Waals surface area contributed by atoms with Gasteiger partial charge in [-0.1, -0.05) is 36.2 Å². The standard InChI is InChI=1S/C19H21ClN2O2/c1-24-13-17(16-5-2-3-12-21-16)22-18(23)19(10-4-11-19)14-6-8-15(20)9-7-14/h2-3,5-9,12,17H,4,10-11,13H2,1H3,(H,22,23)/t17-/m0/s1. The lowest BCUT2D eigenvalue weighted by molar-refractivity contribution is -0.131. The number of benzene rings is 1. The molecule has 0 bridgehead atoms. The molecule has 24 heavy (non-hydrogen) atoms. The van der Waals surface area contributed by atoms with Crippen molar-refractivity contribution in [1.29, 1.82) is 0 Å². The molecule has 0 radical (unpaired) electrons. The number of ether oxygens (including phenoxy) is 1. The number of amides is 1. The Balaban J connectivity index is 1.82. The van der Waals surface area contributed by atoms with Crippen molar-refractivity contribution >= 4 is 17.5 Å². The van der Waals surface area contributed by atoms with E-state index in [-0.39, 0.29) is 11.9 Å². The molecule has 3 rings (SSSR count). The Morgan fingerprint density at radius 1 is 1.29 bits per heavy atom. The van der Waals surface area contributed by atoms with E-state index in [1.54, 1.807) is 13.3 Å². The fourth-order valence-corrected chi connectivity index (χ4v) is 3.32. The first kappa shape index (κ1) is 16.9. The number of nitrogens with zero attached hydrogens (tertiary/aromatic N) is 1. The van der Waals surface area contributed by atoms with Gasteiger partial charge in [-0.3, -0.25) is 9.78 Å². The van der Waals surface area contributed by atoms with Crippen LogP contribution in [0.3, 0.4) is 0 Å². The van der Waals surface area contributed by atoms with E-state index in [9.17, 15) is 4.79 Å². The summed E-state index contributed by atoms with van der Waals surface area (Å²) >= 11 is 5.98. The largest absolute Gasteiger partial charge is 0.382 e. The number of nitrogens with one attached hydrogen (secondary N) is 1. The van der Waals surface area contributed by atoms with Crippen molar-refractivity contribution in [2.45, 2.75) is 30.7 Å². The second-order valence-corrected chi connectivity index (χ2v) is 6.61. The zero-order valence-electron chi connectivity index (χ0n) is 13.7. The summed E-state index contributed by atoms with van der Waals surface area (Å²) in [4.78, 5) is 17.4. The van der Waals surface area contributed by atoms with Crippen molar-refractivity contribution in [1.82, 2.24) is 10.3 Å². The number of hydrogen-bond acceptors (Lipinski definition) is 3. The molecule has 126 valence electrons. The molecule has 1 fully saturated rings. The normalized spacial score (nSPS) is 16.9. The van der Waals surface area contributed by atoms with Crippen LogP contribution in [0.15, 0.2) is 48.7 Å². The maximum atomic E-state index is 13.1. The fourth-order valence-electron chi connectivity index (χ4n) is 3.19. The minimum Gasteiger partial charge on any atom is -0.382 e. The molecule has 4 nitrogen and oxygen atoms in total. The van der Waals surface area contributed by atoms with E-state index in [2.05, 4.69) is 10.3 Å². The first-order chi connectivity index (χ1) is 11.7. The number of pyridine rings is 1. The minimum absolute atomic E-state index is 0.0313. The summed E-state index contributed by atoms with van der Waals surface area (Å²) in [7, 11) is 1.63. The number of rotatable bonds is 6. The molecule has 2 aromatic rings. The van der Waals surface area contributed by atoms with Gasteiger partial charge in [0, 0.05) is 18.3 Å². The van der Waals surface area contributed by atoms with Crippen molar-refractivity contribution in [3.8, 4) is 0 Å². The van der Waals surface area contributed by atoms with E-state index in [0.717, 1.165) is 30.5 Å². The maximum absolute atomic E-state index is 13.1. The second kappa shape index (κ2) is 7.32. The van der Waals surface area contributed by atoms with E-state index in [1.165, 1.54) is 0 Å². The summed E-state index contributed by atoms with van der Waals surface area (Å²) in [5.74, 6) is 0.0313. The highest BCUT2D eigenvalue weighted by atomic mass is 35.5. The smallest absolute Gasteiger partial charge is 0.231 e. The molecule has 1 amide bonds. The molecule has 1 aromatic heterocycles. The summed E-state index contributed by atoms with van der Waals surface area (Å²) in [5, 5.41) is 3.81. The van der Waals surface area contributed by atoms with Crippen molar-refractivity contribution in [2.24, 2.45) is 0 Å². The van der Waals surface area contributed by atoms with Crippen LogP contribution in [-0.4, -0.2) is 24.6 Å². The van der Waals surface area contributed by atoms with Crippen LogP contribution in [0.25, 0.3) is 0 Å². The lowest BCUT2D eigenvalue weighted by atomic mass is 9.63. The molecular weight excluding hydrogens is 324 g/mol. The van der Waals surface area contributed by atoms with E-state index in [1.807, 2.05) is 42.5 Å². The Kier molecular flexibility index (Phi) is 5.17. The van der Waals surface area contributed by atoms with E-state index in [4.69, 9.17) is 16.3 Å². The maximum Gasteiger partial charge on any atom is 0.231 e. The van der Waals surface area contributed by atoms with Gasteiger partial charge in [0.05, 0.1) is 23.8 Å². The third kappa shape index (κ3) is 3.30. The van der Waals surface area contributed by atoms with Crippen molar-refractivity contribution in [3.63, 3.8) is 0 Å². The van der Waals surface area contributed by atoms with Crippen LogP contribution in [0.1, 0.15) is 36.6 Å². The van der Waals surface area contributed by atoms with Crippen molar-refractivity contribution < 1.29 is 9.53 Å². The molecule has 1 aromatic carbocycles. The number of aromatic nitrogens is 1. The zero-order valence-corrected chi connectivity index (χ0v) is 14.4. The predicted octanol–water partition coefficient (Wildman–Crippen LogP) is 3.66. The molecular formula is C19H21ClN2O2. The van der Waals surface area contributed by atoms with Gasteiger partial charge in [0.15, 0.2) is 0 Å². The van der Waals surface area contributed by atoms with Gasteiger partial charge in [-0.2, -0.15) is 0 Å². The van der Waals surface area contributed by atoms with E-state index >= 15 is 0 Å². The van der Waals surface area contributed by atoms with Gasteiger partial charge >= 0.3 is 0 Å². The first-order valence-corrected chi connectivity index (χ1v) is 8.50. The number of carbonyl (C=O) groups excluding carboxylic acids is 1. The Morgan fingerprint density at radius 2 is 2.04 bits per heavy atom. The molecule has 0 saturated heterocycles. The Hall–Kier alpha value is -1.91. The van der Waals surface area contributed by atoms with Crippen molar-refractivity contribution in [3.05, 3.63) is 64.9 Å². The molecule has 0 aliphatic heterocycles. The highest BCUT2D eigenvalue weighted by molar-refractivity contribution is 6.30. The second-order valence-electron chi connectivity index (χ2n) is 6.18. The summed E-state index contributed by atoms with van der Waals surface area (Å²) in [5.41, 5.74) is 1.36. The molecule has 1 aliphatic rings. The average Bonchev–Trinajstić information content (AvgIpc) is 2.56. The lowest BCUT2D eigenvalue weighted by Gasteiger charge is -2.41. The Labute approximate surface area is 147 Å². The third-order valence-corrected chi connectivity index (χ3v) is 4.97. The molecule has 1 atom stereocenters. The number of methoxy groups -OCH3 is 1. The molecule has 1 heterocycles. The third-order valence-electron chi connectivity index (χ3n) is 4.72. The molecule has 0 unspecified atom stereocenters. The Bertz CT molecular complexity index is 684. The Morgan fingerprint density at radius 3 is 2.58 bits per heavy atom. The summed E-state index contributed by atoms with van der Waals surface area (Å²) in [6.07, 6.45) is 4.47. The average molecular weight is 345 g/mol. The monoisotopic (exact) mass is 344 g/mol. The van der Waals surface area contributed by atoms with E-state index < -0.39 is 5.41 Å². The van der Waals surface area contributed by atoms with Gasteiger partial charge in [0.25, 0.3) is 0 Å². The first-order valence-electron chi connectivity index (χ1n) is 8.12. The predicted molar refractivity (Wildman–Crippen MR) is 94.0 cm³/mol. The lowest BCUT2D eigenvalue weighted by Crippen LogP contribution is -2.50. The molecule has 1 N–H and O–H groups in total. The van der Waals surface area contributed by atoms with Gasteiger partial charge in [-0.25, -0.2) is 0 Å². The van der Waals surface area contributed by atoms with Crippen LogP contribution in [0.4, 0.5) is 0 Å². The summed E-state index contributed by atoms with van der Waals surface area (Å²) in [6.45, 7) is 0.388. The van der Waals surface area contributed by atoms with Gasteiger partial charge < -0.3 is 10.1 Å². The number of hydrogen-bond donors (Lipinski definition) is 1. The highest BCUT2D eigenvalue weighted by Gasteiger charge is 2.46. The van der Waals surface area contributed by atoms with Crippen LogP contribution in [-0.2, 0) is 14.9 Å². The topological polar surface area (TPSA) is 51.2 Å². The fraction of sp³-hybridized carbons (Fsp3) is 0.368. The van der Waals surface area contributed by atoms with E-state index in [0.29, 0.717) is 11.6 Å². The summed E-state index contributed by atoms with van der Waals surface area (Å²) < 4.78 is 5.27. The SMILES string of the molecule is COC[C@H](NC(=O)C1(c2ccc(Cl)cc2)CCC1)c1ccccn1. The van der Waals surface area contributed by atoms with Crippen molar-refractivity contribution in [2.75, 3.05) is 13.7 Å².